The third-order valence-corrected chi connectivity index (χ3v) is 15.1. The second-order valence-corrected chi connectivity index (χ2v) is 18.7. The first-order chi connectivity index (χ1) is 33.6. The van der Waals surface area contributed by atoms with Gasteiger partial charge in [0.15, 0.2) is 0 Å². The van der Waals surface area contributed by atoms with Crippen molar-refractivity contribution in [2.45, 2.75) is 13.8 Å². The Morgan fingerprint density at radius 2 is 0.647 bits per heavy atom. The lowest BCUT2D eigenvalue weighted by molar-refractivity contribution is 1.34. The molecule has 316 valence electrons. The van der Waals surface area contributed by atoms with E-state index < -0.39 is 0 Å². The van der Waals surface area contributed by atoms with Gasteiger partial charge in [0.1, 0.15) is 0 Å². The molecule has 0 atom stereocenters. The van der Waals surface area contributed by atoms with Gasteiger partial charge >= 0.3 is 0 Å². The smallest absolute Gasteiger partial charge is 0.000741 e. The summed E-state index contributed by atoms with van der Waals surface area (Å²) in [7, 11) is 0. The maximum absolute atomic E-state index is 2.50. The Balaban J connectivity index is 1.08. The fourth-order valence-corrected chi connectivity index (χ4v) is 12.2. The molecule has 0 heteroatoms. The maximum atomic E-state index is 2.50. The van der Waals surface area contributed by atoms with Crippen LogP contribution in [-0.4, -0.2) is 0 Å². The van der Waals surface area contributed by atoms with Crippen molar-refractivity contribution < 1.29 is 0 Å². The molecule has 0 amide bonds. The largest absolute Gasteiger partial charge is 0.0622 e. The molecule has 0 saturated heterocycles. The molecule has 0 fully saturated rings. The Bertz CT molecular complexity index is 4030. The van der Waals surface area contributed by atoms with Crippen LogP contribution < -0.4 is 0 Å². The van der Waals surface area contributed by atoms with Gasteiger partial charge in [0.25, 0.3) is 0 Å². The third-order valence-electron chi connectivity index (χ3n) is 15.1. The van der Waals surface area contributed by atoms with Crippen LogP contribution in [0.1, 0.15) is 11.1 Å². The monoisotopic (exact) mass is 860 g/mol. The van der Waals surface area contributed by atoms with Gasteiger partial charge in [0.2, 0.25) is 0 Å². The van der Waals surface area contributed by atoms with Crippen molar-refractivity contribution in [2.24, 2.45) is 0 Å². The first-order valence-electron chi connectivity index (χ1n) is 23.8. The SMILES string of the molecule is Cc1c(C)c(-c2ccccc2)c2c(c1-c1ccccc1)-c1cccc3cc(-c4ccc5c(-c6ccccc6)c6c(c(-c7ccccc7)c5c4)-c4cccc5c(-c7ccccc7)ccc-6c45)cc-2c13. The summed E-state index contributed by atoms with van der Waals surface area (Å²) in [4.78, 5) is 0. The zero-order valence-electron chi connectivity index (χ0n) is 37.9. The minimum Gasteiger partial charge on any atom is -0.0622 e. The molecular weight excluding hydrogens is 817 g/mol. The molecule has 0 saturated carbocycles. The first kappa shape index (κ1) is 38.7. The molecule has 0 bridgehead atoms. The minimum absolute atomic E-state index is 1.21. The normalized spacial score (nSPS) is 12.0. The summed E-state index contributed by atoms with van der Waals surface area (Å²) in [6, 6.07) is 86.0. The quantitative estimate of drug-likeness (QED) is 0.156. The molecule has 12 aromatic carbocycles. The van der Waals surface area contributed by atoms with Crippen LogP contribution in [0.25, 0.3) is 144 Å². The highest BCUT2D eigenvalue weighted by atomic mass is 14.4. The van der Waals surface area contributed by atoms with Gasteiger partial charge in [-0.15, -0.1) is 0 Å². The van der Waals surface area contributed by atoms with E-state index in [-0.39, 0.29) is 0 Å². The van der Waals surface area contributed by atoms with Crippen molar-refractivity contribution in [3.05, 3.63) is 242 Å². The molecular formula is C68H44. The molecule has 2 aliphatic rings. The van der Waals surface area contributed by atoms with E-state index in [0.29, 0.717) is 0 Å². The Kier molecular flexibility index (Phi) is 8.51. The Morgan fingerprint density at radius 1 is 0.206 bits per heavy atom. The molecule has 0 radical (unpaired) electrons. The van der Waals surface area contributed by atoms with E-state index >= 15 is 0 Å². The zero-order chi connectivity index (χ0) is 45.0. The van der Waals surface area contributed by atoms with Gasteiger partial charge < -0.3 is 0 Å². The predicted octanol–water partition coefficient (Wildman–Crippen LogP) is 19.1. The number of hydrogen-bond donors (Lipinski definition) is 0. The van der Waals surface area contributed by atoms with Crippen molar-refractivity contribution in [1.29, 1.82) is 0 Å². The summed E-state index contributed by atoms with van der Waals surface area (Å²) in [6.07, 6.45) is 0. The molecule has 0 aliphatic heterocycles. The standard InChI is InChI=1S/C68H44/c1-41-42(2)60(45-24-12-5-13-25-45)68-58-40-50(38-49-30-18-32-54(61(49)58)65(68)59(41)44-22-10-4-11-23-44)48-34-35-53-57(39-48)63(47-28-16-7-17-29-47)66-55-33-19-31-52-51(43-20-8-3-9-21-43)36-37-56(64(52)55)67(66)62(53)46-26-14-6-15-27-46/h3-40H,1-2H3. The van der Waals surface area contributed by atoms with Crippen molar-refractivity contribution in [3.63, 3.8) is 0 Å². The highest BCUT2D eigenvalue weighted by molar-refractivity contribution is 6.29. The van der Waals surface area contributed by atoms with Crippen LogP contribution in [0, 0.1) is 13.8 Å². The molecule has 68 heavy (non-hydrogen) atoms. The fraction of sp³-hybridized carbons (Fsp3) is 0.0294. The van der Waals surface area contributed by atoms with Crippen LogP contribution in [0.15, 0.2) is 231 Å². The van der Waals surface area contributed by atoms with Crippen LogP contribution in [0.4, 0.5) is 0 Å². The average molecular weight is 861 g/mol. The molecule has 0 unspecified atom stereocenters. The van der Waals surface area contributed by atoms with E-state index in [9.17, 15) is 0 Å². The van der Waals surface area contributed by atoms with E-state index in [0.717, 1.165) is 0 Å². The summed E-state index contributed by atoms with van der Waals surface area (Å²) in [5, 5.41) is 7.73. The predicted molar refractivity (Wildman–Crippen MR) is 290 cm³/mol. The third kappa shape index (κ3) is 5.55. The van der Waals surface area contributed by atoms with Gasteiger partial charge in [-0.2, -0.15) is 0 Å². The fourth-order valence-electron chi connectivity index (χ4n) is 12.2. The highest BCUT2D eigenvalue weighted by Gasteiger charge is 2.33. The number of benzene rings is 12. The van der Waals surface area contributed by atoms with Crippen molar-refractivity contribution in [2.75, 3.05) is 0 Å². The van der Waals surface area contributed by atoms with Crippen molar-refractivity contribution >= 4 is 32.3 Å². The van der Waals surface area contributed by atoms with Crippen LogP contribution in [0.2, 0.25) is 0 Å². The van der Waals surface area contributed by atoms with E-state index in [1.807, 2.05) is 0 Å². The Morgan fingerprint density at radius 3 is 1.22 bits per heavy atom. The average Bonchev–Trinajstić information content (AvgIpc) is 3.90. The van der Waals surface area contributed by atoms with Crippen LogP contribution in [0.5, 0.6) is 0 Å². The van der Waals surface area contributed by atoms with Gasteiger partial charge in [-0.25, -0.2) is 0 Å². The van der Waals surface area contributed by atoms with Crippen LogP contribution in [-0.2, 0) is 0 Å². The maximum Gasteiger partial charge on any atom is -0.000741 e. The molecule has 0 aromatic heterocycles. The Labute approximate surface area is 397 Å². The highest BCUT2D eigenvalue weighted by Crippen LogP contribution is 2.60. The molecule has 0 heterocycles. The summed E-state index contributed by atoms with van der Waals surface area (Å²) < 4.78 is 0. The number of rotatable bonds is 6. The van der Waals surface area contributed by atoms with Gasteiger partial charge in [-0.05, 0) is 187 Å². The van der Waals surface area contributed by atoms with E-state index in [2.05, 4.69) is 244 Å². The lowest BCUT2D eigenvalue weighted by Gasteiger charge is -2.22. The van der Waals surface area contributed by atoms with Gasteiger partial charge in [-0.3, -0.25) is 0 Å². The number of hydrogen-bond acceptors (Lipinski definition) is 0. The molecule has 2 aliphatic carbocycles. The van der Waals surface area contributed by atoms with E-state index in [1.54, 1.807) is 0 Å². The van der Waals surface area contributed by atoms with Crippen molar-refractivity contribution in [1.82, 2.24) is 0 Å². The second-order valence-electron chi connectivity index (χ2n) is 18.7. The molecule has 0 nitrogen and oxygen atoms in total. The van der Waals surface area contributed by atoms with Crippen LogP contribution >= 0.6 is 0 Å². The van der Waals surface area contributed by atoms with E-state index in [1.165, 1.54) is 155 Å². The summed E-state index contributed by atoms with van der Waals surface area (Å²) in [5.41, 5.74) is 28.3. The summed E-state index contributed by atoms with van der Waals surface area (Å²) >= 11 is 0. The van der Waals surface area contributed by atoms with Gasteiger partial charge in [-0.1, -0.05) is 212 Å². The van der Waals surface area contributed by atoms with Crippen molar-refractivity contribution in [3.8, 4) is 111 Å². The van der Waals surface area contributed by atoms with Gasteiger partial charge in [0.05, 0.1) is 0 Å². The van der Waals surface area contributed by atoms with Gasteiger partial charge in [0, 0.05) is 0 Å². The molecule has 0 spiro atoms. The lowest BCUT2D eigenvalue weighted by Crippen LogP contribution is -1.98. The zero-order valence-corrected chi connectivity index (χ0v) is 37.9. The molecule has 14 rings (SSSR count). The minimum atomic E-state index is 1.21. The first-order valence-corrected chi connectivity index (χ1v) is 23.8. The van der Waals surface area contributed by atoms with Crippen LogP contribution in [0.3, 0.4) is 0 Å². The lowest BCUT2D eigenvalue weighted by atomic mass is 9.81. The molecule has 0 N–H and O–H groups in total. The summed E-state index contributed by atoms with van der Waals surface area (Å²) in [5.74, 6) is 0. The topological polar surface area (TPSA) is 0 Å². The van der Waals surface area contributed by atoms with E-state index in [4.69, 9.17) is 0 Å². The second kappa shape index (κ2) is 15.0. The molecule has 12 aromatic rings. The number of fused-ring (bicyclic) bond motifs is 7. The Hall–Kier alpha value is -8.58. The summed E-state index contributed by atoms with van der Waals surface area (Å²) in [6.45, 7) is 4.65.